The molecule has 0 aliphatic heterocycles. The number of unbranched alkanes of at least 4 members (excludes halogenated alkanes) is 1. The number of rotatable bonds is 10. The smallest absolute Gasteiger partial charge is 0.0963 e. The van der Waals surface area contributed by atoms with E-state index in [1.54, 1.807) is 0 Å². The predicted octanol–water partition coefficient (Wildman–Crippen LogP) is 2.17. The molecule has 0 amide bonds. The summed E-state index contributed by atoms with van der Waals surface area (Å²) in [5, 5.41) is 7.42. The molecule has 0 fully saturated rings. The Morgan fingerprint density at radius 2 is 1.75 bits per heavy atom. The fraction of sp³-hybridized carbons (Fsp3) is 0.917. The van der Waals surface area contributed by atoms with E-state index in [2.05, 4.69) is 0 Å². The summed E-state index contributed by atoms with van der Waals surface area (Å²) in [6.07, 6.45) is 3.00. The topological polar surface area (TPSA) is 68.3 Å². The van der Waals surface area contributed by atoms with E-state index >= 15 is 0 Å². The van der Waals surface area contributed by atoms with Gasteiger partial charge < -0.3 is 15.2 Å². The monoisotopic (exact) mass is 230 g/mol. The van der Waals surface area contributed by atoms with Gasteiger partial charge in [0, 0.05) is 18.6 Å². The molecule has 16 heavy (non-hydrogen) atoms. The highest BCUT2D eigenvalue weighted by Crippen LogP contribution is 2.22. The molecular formula is C12H26N2O2. The van der Waals surface area contributed by atoms with Crippen molar-refractivity contribution in [2.75, 3.05) is 26.4 Å². The van der Waals surface area contributed by atoms with Crippen molar-refractivity contribution in [3.05, 3.63) is 0 Å². The highest BCUT2D eigenvalue weighted by Gasteiger charge is 2.20. The first-order valence-electron chi connectivity index (χ1n) is 6.00. The van der Waals surface area contributed by atoms with E-state index in [0.717, 1.165) is 32.5 Å². The van der Waals surface area contributed by atoms with E-state index in [-0.39, 0.29) is 11.3 Å². The highest BCUT2D eigenvalue weighted by molar-refractivity contribution is 5.82. The van der Waals surface area contributed by atoms with Gasteiger partial charge in [-0.15, -0.1) is 0 Å². The van der Waals surface area contributed by atoms with Crippen molar-refractivity contribution in [3.63, 3.8) is 0 Å². The summed E-state index contributed by atoms with van der Waals surface area (Å²) in [5.74, 6) is 0.268. The second kappa shape index (κ2) is 8.53. The molecule has 4 heteroatoms. The number of nitrogens with two attached hydrogens (primary N) is 1. The Balaban J connectivity index is 3.30. The molecule has 0 aliphatic rings. The summed E-state index contributed by atoms with van der Waals surface area (Å²) in [4.78, 5) is 0. The van der Waals surface area contributed by atoms with Gasteiger partial charge in [-0.05, 0) is 19.8 Å². The molecule has 0 aromatic carbocycles. The van der Waals surface area contributed by atoms with Gasteiger partial charge in [0.05, 0.1) is 19.0 Å². The molecule has 0 spiro atoms. The molecule has 0 unspecified atom stereocenters. The molecular weight excluding hydrogens is 204 g/mol. The van der Waals surface area contributed by atoms with Crippen LogP contribution in [0.2, 0.25) is 0 Å². The van der Waals surface area contributed by atoms with Crippen LogP contribution < -0.4 is 5.73 Å². The van der Waals surface area contributed by atoms with Crippen LogP contribution in [0.3, 0.4) is 0 Å². The van der Waals surface area contributed by atoms with E-state index in [1.807, 2.05) is 20.8 Å². The van der Waals surface area contributed by atoms with Gasteiger partial charge in [-0.25, -0.2) is 0 Å². The van der Waals surface area contributed by atoms with Crippen LogP contribution in [0.5, 0.6) is 0 Å². The van der Waals surface area contributed by atoms with Crippen molar-refractivity contribution >= 4 is 5.84 Å². The molecule has 0 aromatic heterocycles. The lowest BCUT2D eigenvalue weighted by Crippen LogP contribution is -2.30. The quantitative estimate of drug-likeness (QED) is 0.343. The fourth-order valence-electron chi connectivity index (χ4n) is 1.27. The summed E-state index contributed by atoms with van der Waals surface area (Å²) < 4.78 is 10.6. The van der Waals surface area contributed by atoms with Crippen molar-refractivity contribution in [2.45, 2.75) is 40.0 Å². The van der Waals surface area contributed by atoms with Crippen LogP contribution in [0, 0.1) is 10.8 Å². The van der Waals surface area contributed by atoms with Gasteiger partial charge in [-0.3, -0.25) is 5.41 Å². The third-order valence-corrected chi connectivity index (χ3v) is 2.65. The summed E-state index contributed by atoms with van der Waals surface area (Å²) in [6.45, 7) is 8.84. The number of amidine groups is 1. The van der Waals surface area contributed by atoms with Crippen LogP contribution in [-0.4, -0.2) is 32.3 Å². The van der Waals surface area contributed by atoms with E-state index in [9.17, 15) is 0 Å². The molecule has 3 N–H and O–H groups in total. The van der Waals surface area contributed by atoms with Crippen molar-refractivity contribution in [3.8, 4) is 0 Å². The second-order valence-electron chi connectivity index (χ2n) is 4.56. The van der Waals surface area contributed by atoms with E-state index in [0.29, 0.717) is 13.2 Å². The van der Waals surface area contributed by atoms with E-state index in [1.165, 1.54) is 0 Å². The van der Waals surface area contributed by atoms with Crippen LogP contribution in [-0.2, 0) is 9.47 Å². The lowest BCUT2D eigenvalue weighted by atomic mass is 9.86. The largest absolute Gasteiger partial charge is 0.387 e. The lowest BCUT2D eigenvalue weighted by Gasteiger charge is -2.22. The maximum absolute atomic E-state index is 7.42. The number of hydrogen-bond donors (Lipinski definition) is 2. The highest BCUT2D eigenvalue weighted by atomic mass is 16.5. The van der Waals surface area contributed by atoms with Gasteiger partial charge in [0.2, 0.25) is 0 Å². The number of nitrogens with one attached hydrogen (secondary N) is 1. The average Bonchev–Trinajstić information content (AvgIpc) is 2.21. The summed E-state index contributed by atoms with van der Waals surface area (Å²) in [5.41, 5.74) is 5.33. The number of ether oxygens (including phenoxy) is 2. The molecule has 96 valence electrons. The van der Waals surface area contributed by atoms with Crippen molar-refractivity contribution in [1.29, 1.82) is 5.41 Å². The van der Waals surface area contributed by atoms with E-state index in [4.69, 9.17) is 20.6 Å². The standard InChI is InChI=1S/C12H26N2O2/c1-4-15-9-10-16-8-6-5-7-12(2,3)11(13)14/h4-10H2,1-3H3,(H3,13,14). The normalized spacial score (nSPS) is 11.7. The predicted molar refractivity (Wildman–Crippen MR) is 66.9 cm³/mol. The zero-order valence-electron chi connectivity index (χ0n) is 10.8. The second-order valence-corrected chi connectivity index (χ2v) is 4.56. The van der Waals surface area contributed by atoms with Crippen LogP contribution >= 0.6 is 0 Å². The Morgan fingerprint density at radius 3 is 2.31 bits per heavy atom. The summed E-state index contributed by atoms with van der Waals surface area (Å²) >= 11 is 0. The minimum Gasteiger partial charge on any atom is -0.387 e. The SMILES string of the molecule is CCOCCOCCCCC(C)(C)C(=N)N. The molecule has 0 radical (unpaired) electrons. The molecule has 0 aliphatic carbocycles. The Morgan fingerprint density at radius 1 is 1.12 bits per heavy atom. The van der Waals surface area contributed by atoms with Gasteiger partial charge in [-0.2, -0.15) is 0 Å². The average molecular weight is 230 g/mol. The molecule has 0 heterocycles. The van der Waals surface area contributed by atoms with Crippen LogP contribution in [0.1, 0.15) is 40.0 Å². The van der Waals surface area contributed by atoms with Crippen molar-refractivity contribution in [1.82, 2.24) is 0 Å². The number of hydrogen-bond acceptors (Lipinski definition) is 3. The first-order valence-corrected chi connectivity index (χ1v) is 6.00. The van der Waals surface area contributed by atoms with E-state index < -0.39 is 0 Å². The van der Waals surface area contributed by atoms with Crippen LogP contribution in [0.4, 0.5) is 0 Å². The molecule has 0 saturated heterocycles. The van der Waals surface area contributed by atoms with Crippen molar-refractivity contribution in [2.24, 2.45) is 11.1 Å². The Labute approximate surface area is 99.0 Å². The Bertz CT molecular complexity index is 193. The third-order valence-electron chi connectivity index (χ3n) is 2.65. The summed E-state index contributed by atoms with van der Waals surface area (Å²) in [7, 11) is 0. The zero-order valence-corrected chi connectivity index (χ0v) is 10.8. The zero-order chi connectivity index (χ0) is 12.4. The first kappa shape index (κ1) is 15.4. The van der Waals surface area contributed by atoms with Gasteiger partial charge in [-0.1, -0.05) is 20.3 Å². The van der Waals surface area contributed by atoms with Crippen LogP contribution in [0.15, 0.2) is 0 Å². The summed E-state index contributed by atoms with van der Waals surface area (Å²) in [6, 6.07) is 0. The fourth-order valence-corrected chi connectivity index (χ4v) is 1.27. The van der Waals surface area contributed by atoms with Crippen LogP contribution in [0.25, 0.3) is 0 Å². The molecule has 0 rings (SSSR count). The lowest BCUT2D eigenvalue weighted by molar-refractivity contribution is 0.0509. The maximum Gasteiger partial charge on any atom is 0.0963 e. The molecule has 0 atom stereocenters. The molecule has 0 aromatic rings. The maximum atomic E-state index is 7.42. The minimum atomic E-state index is -0.175. The first-order chi connectivity index (χ1) is 7.50. The Kier molecular flexibility index (Phi) is 8.21. The molecule has 0 bridgehead atoms. The molecule has 4 nitrogen and oxygen atoms in total. The molecule has 0 saturated carbocycles. The van der Waals surface area contributed by atoms with Gasteiger partial charge in [0.25, 0.3) is 0 Å². The van der Waals surface area contributed by atoms with Gasteiger partial charge >= 0.3 is 0 Å². The van der Waals surface area contributed by atoms with Gasteiger partial charge in [0.1, 0.15) is 0 Å². The Hall–Kier alpha value is -0.610. The minimum absolute atomic E-state index is 0.175. The van der Waals surface area contributed by atoms with Crippen molar-refractivity contribution < 1.29 is 9.47 Å². The van der Waals surface area contributed by atoms with Gasteiger partial charge in [0.15, 0.2) is 0 Å². The third kappa shape index (κ3) is 7.65.